The number of amides is 1. The molecular formula is C25H22N2O5. The lowest BCUT2D eigenvalue weighted by atomic mass is 10.2. The molecule has 0 bridgehead atoms. The topological polar surface area (TPSA) is 86.2 Å². The summed E-state index contributed by atoms with van der Waals surface area (Å²) in [5, 5.41) is 3.96. The maximum atomic E-state index is 12.3. The molecule has 3 aromatic rings. The normalized spacial score (nSPS) is 10.8. The minimum Gasteiger partial charge on any atom is -0.493 e. The number of hydrazone groups is 1. The molecule has 0 fully saturated rings. The van der Waals surface area contributed by atoms with Gasteiger partial charge >= 0.3 is 5.97 Å². The van der Waals surface area contributed by atoms with Crippen LogP contribution in [0.2, 0.25) is 0 Å². The molecule has 0 spiro atoms. The van der Waals surface area contributed by atoms with Crippen molar-refractivity contribution >= 4 is 24.2 Å². The number of ether oxygens (including phenoxy) is 3. The van der Waals surface area contributed by atoms with Crippen molar-refractivity contribution in [1.29, 1.82) is 0 Å². The summed E-state index contributed by atoms with van der Waals surface area (Å²) in [6.45, 7) is 0. The van der Waals surface area contributed by atoms with E-state index in [4.69, 9.17) is 14.2 Å². The smallest absolute Gasteiger partial charge is 0.336 e. The molecule has 0 saturated heterocycles. The standard InChI is InChI=1S/C25H22N2O5/c1-30-22-14-12-18(16-23(22)31-2)13-15-24(28)32-21-11-7-6-10-20(21)17-26-27-25(29)19-8-4-3-5-9-19/h3-17H,1-2H3,(H,27,29)/b15-13+,26-17-. The molecule has 0 aliphatic heterocycles. The van der Waals surface area contributed by atoms with Gasteiger partial charge in [-0.3, -0.25) is 4.79 Å². The Morgan fingerprint density at radius 1 is 0.844 bits per heavy atom. The van der Waals surface area contributed by atoms with Gasteiger partial charge in [-0.05, 0) is 48.0 Å². The Morgan fingerprint density at radius 3 is 2.31 bits per heavy atom. The summed E-state index contributed by atoms with van der Waals surface area (Å²) in [7, 11) is 3.10. The number of methoxy groups -OCH3 is 2. The molecule has 0 saturated carbocycles. The summed E-state index contributed by atoms with van der Waals surface area (Å²) < 4.78 is 15.9. The van der Waals surface area contributed by atoms with Crippen LogP contribution in [0.3, 0.4) is 0 Å². The first-order chi connectivity index (χ1) is 15.6. The Labute approximate surface area is 185 Å². The lowest BCUT2D eigenvalue weighted by molar-refractivity contribution is -0.128. The highest BCUT2D eigenvalue weighted by Gasteiger charge is 2.07. The highest BCUT2D eigenvalue weighted by molar-refractivity contribution is 5.95. The van der Waals surface area contributed by atoms with Crippen molar-refractivity contribution in [2.75, 3.05) is 14.2 Å². The molecule has 0 aliphatic rings. The van der Waals surface area contributed by atoms with Crippen molar-refractivity contribution in [2.45, 2.75) is 0 Å². The molecule has 162 valence electrons. The van der Waals surface area contributed by atoms with E-state index < -0.39 is 5.97 Å². The largest absolute Gasteiger partial charge is 0.493 e. The second kappa shape index (κ2) is 11.1. The van der Waals surface area contributed by atoms with Gasteiger partial charge in [0.1, 0.15) is 5.75 Å². The summed E-state index contributed by atoms with van der Waals surface area (Å²) >= 11 is 0. The summed E-state index contributed by atoms with van der Waals surface area (Å²) in [5.41, 5.74) is 4.22. The van der Waals surface area contributed by atoms with Gasteiger partial charge in [-0.25, -0.2) is 10.2 Å². The molecule has 0 radical (unpaired) electrons. The zero-order valence-corrected chi connectivity index (χ0v) is 17.6. The van der Waals surface area contributed by atoms with E-state index in [9.17, 15) is 9.59 Å². The third-order valence-electron chi connectivity index (χ3n) is 4.35. The average molecular weight is 430 g/mol. The van der Waals surface area contributed by atoms with Gasteiger partial charge in [-0.2, -0.15) is 5.10 Å². The minimum atomic E-state index is -0.561. The molecule has 7 heteroatoms. The Morgan fingerprint density at radius 2 is 1.56 bits per heavy atom. The van der Waals surface area contributed by atoms with Crippen molar-refractivity contribution in [3.8, 4) is 17.2 Å². The molecule has 1 N–H and O–H groups in total. The van der Waals surface area contributed by atoms with Crippen molar-refractivity contribution in [3.63, 3.8) is 0 Å². The number of nitrogens with zero attached hydrogens (tertiary/aromatic N) is 1. The van der Waals surface area contributed by atoms with E-state index in [1.54, 1.807) is 87.0 Å². The van der Waals surface area contributed by atoms with E-state index in [1.807, 2.05) is 6.07 Å². The van der Waals surface area contributed by atoms with Crippen LogP contribution in [0.15, 0.2) is 84.0 Å². The van der Waals surface area contributed by atoms with Crippen LogP contribution in [-0.2, 0) is 4.79 Å². The van der Waals surface area contributed by atoms with Gasteiger partial charge in [0.25, 0.3) is 5.91 Å². The molecule has 3 rings (SSSR count). The number of carbonyl (C=O) groups is 2. The summed E-state index contributed by atoms with van der Waals surface area (Å²) in [6, 6.07) is 20.9. The lowest BCUT2D eigenvalue weighted by Gasteiger charge is -2.07. The van der Waals surface area contributed by atoms with Crippen LogP contribution in [-0.4, -0.2) is 32.3 Å². The fraction of sp³-hybridized carbons (Fsp3) is 0.0800. The van der Waals surface area contributed by atoms with Crippen LogP contribution >= 0.6 is 0 Å². The first kappa shape index (κ1) is 22.3. The molecule has 3 aromatic carbocycles. The van der Waals surface area contributed by atoms with Crippen LogP contribution in [0.1, 0.15) is 21.5 Å². The molecule has 7 nitrogen and oxygen atoms in total. The number of carbonyl (C=O) groups excluding carboxylic acids is 2. The predicted octanol–water partition coefficient (Wildman–Crippen LogP) is 4.09. The van der Waals surface area contributed by atoms with E-state index in [0.717, 1.165) is 5.56 Å². The van der Waals surface area contributed by atoms with Gasteiger partial charge in [0, 0.05) is 17.2 Å². The zero-order chi connectivity index (χ0) is 22.8. The van der Waals surface area contributed by atoms with E-state index in [2.05, 4.69) is 10.5 Å². The first-order valence-electron chi connectivity index (χ1n) is 9.70. The number of nitrogens with one attached hydrogen (secondary N) is 1. The Bertz CT molecular complexity index is 1140. The number of hydrogen-bond donors (Lipinski definition) is 1. The Kier molecular flexibility index (Phi) is 7.75. The quantitative estimate of drug-likeness (QED) is 0.191. The van der Waals surface area contributed by atoms with Gasteiger partial charge in [-0.15, -0.1) is 0 Å². The van der Waals surface area contributed by atoms with Crippen LogP contribution < -0.4 is 19.6 Å². The number of benzene rings is 3. The molecule has 0 unspecified atom stereocenters. The van der Waals surface area contributed by atoms with Gasteiger partial charge in [0.2, 0.25) is 0 Å². The van der Waals surface area contributed by atoms with Gasteiger partial charge in [0.05, 0.1) is 20.4 Å². The number of rotatable bonds is 8. The molecule has 0 atom stereocenters. The highest BCUT2D eigenvalue weighted by atomic mass is 16.5. The average Bonchev–Trinajstić information content (AvgIpc) is 2.84. The molecule has 1 amide bonds. The predicted molar refractivity (Wildman–Crippen MR) is 122 cm³/mol. The SMILES string of the molecule is COc1ccc(/C=C/C(=O)Oc2ccccc2/C=N\NC(=O)c2ccccc2)cc1OC. The highest BCUT2D eigenvalue weighted by Crippen LogP contribution is 2.28. The van der Waals surface area contributed by atoms with Gasteiger partial charge < -0.3 is 14.2 Å². The Balaban J connectivity index is 1.64. The van der Waals surface area contributed by atoms with Crippen LogP contribution in [0, 0.1) is 0 Å². The maximum Gasteiger partial charge on any atom is 0.336 e. The number of hydrogen-bond acceptors (Lipinski definition) is 6. The summed E-state index contributed by atoms with van der Waals surface area (Å²) in [6.07, 6.45) is 4.34. The maximum absolute atomic E-state index is 12.3. The fourth-order valence-electron chi connectivity index (χ4n) is 2.76. The third kappa shape index (κ3) is 6.06. The molecule has 0 aliphatic carbocycles. The van der Waals surface area contributed by atoms with E-state index in [-0.39, 0.29) is 5.91 Å². The number of para-hydroxylation sites is 1. The van der Waals surface area contributed by atoms with Crippen LogP contribution in [0.4, 0.5) is 0 Å². The fourth-order valence-corrected chi connectivity index (χ4v) is 2.76. The van der Waals surface area contributed by atoms with E-state index >= 15 is 0 Å². The molecule has 32 heavy (non-hydrogen) atoms. The second-order valence-corrected chi connectivity index (χ2v) is 6.47. The molecule has 0 heterocycles. The van der Waals surface area contributed by atoms with Crippen molar-refractivity contribution in [1.82, 2.24) is 5.43 Å². The van der Waals surface area contributed by atoms with E-state index in [1.165, 1.54) is 12.3 Å². The minimum absolute atomic E-state index is 0.312. The Hall–Kier alpha value is -4.39. The van der Waals surface area contributed by atoms with Crippen LogP contribution in [0.5, 0.6) is 17.2 Å². The van der Waals surface area contributed by atoms with Gasteiger partial charge in [-0.1, -0.05) is 36.4 Å². The van der Waals surface area contributed by atoms with Crippen LogP contribution in [0.25, 0.3) is 6.08 Å². The second-order valence-electron chi connectivity index (χ2n) is 6.47. The van der Waals surface area contributed by atoms with Crippen molar-refractivity contribution in [3.05, 3.63) is 95.6 Å². The molecular weight excluding hydrogens is 408 g/mol. The summed E-state index contributed by atoms with van der Waals surface area (Å²) in [5.74, 6) is 0.567. The van der Waals surface area contributed by atoms with Gasteiger partial charge in [0.15, 0.2) is 11.5 Å². The van der Waals surface area contributed by atoms with Crippen molar-refractivity contribution in [2.24, 2.45) is 5.10 Å². The zero-order valence-electron chi connectivity index (χ0n) is 17.6. The lowest BCUT2D eigenvalue weighted by Crippen LogP contribution is -2.17. The molecule has 0 aromatic heterocycles. The first-order valence-corrected chi connectivity index (χ1v) is 9.70. The monoisotopic (exact) mass is 430 g/mol. The summed E-state index contributed by atoms with van der Waals surface area (Å²) in [4.78, 5) is 24.4. The third-order valence-corrected chi connectivity index (χ3v) is 4.35. The van der Waals surface area contributed by atoms with E-state index in [0.29, 0.717) is 28.4 Å². The number of esters is 1. The van der Waals surface area contributed by atoms with Crippen molar-refractivity contribution < 1.29 is 23.8 Å².